The Morgan fingerprint density at radius 1 is 1.30 bits per heavy atom. The molecule has 2 aliphatic heterocycles. The van der Waals surface area contributed by atoms with E-state index in [9.17, 15) is 10.2 Å². The average molecular weight is 333 g/mol. The van der Waals surface area contributed by atoms with Gasteiger partial charge in [-0.15, -0.1) is 0 Å². The molecule has 2 aliphatic rings. The van der Waals surface area contributed by atoms with E-state index in [1.165, 1.54) is 0 Å². The number of likely N-dealkylation sites (N-methyl/N-ethyl adjacent to an activating group) is 2. The van der Waals surface area contributed by atoms with Gasteiger partial charge in [-0.05, 0) is 19.4 Å². The first-order chi connectivity index (χ1) is 10.8. The quantitative estimate of drug-likeness (QED) is 0.292. The van der Waals surface area contributed by atoms with E-state index < -0.39 is 12.4 Å². The van der Waals surface area contributed by atoms with Crippen LogP contribution in [-0.4, -0.2) is 86.0 Å². The van der Waals surface area contributed by atoms with Crippen LogP contribution in [0.15, 0.2) is 0 Å². The van der Waals surface area contributed by atoms with E-state index in [2.05, 4.69) is 10.6 Å². The first-order valence-corrected chi connectivity index (χ1v) is 8.38. The molecule has 0 bridgehead atoms. The highest BCUT2D eigenvalue weighted by molar-refractivity contribution is 4.82. The number of quaternary nitrogens is 1. The van der Waals surface area contributed by atoms with Gasteiger partial charge < -0.3 is 25.0 Å². The maximum Gasteiger partial charge on any atom is 0.199 e. The predicted octanol–water partition coefficient (Wildman–Crippen LogP) is -1.67. The lowest BCUT2D eigenvalue weighted by Crippen LogP contribution is -2.70. The van der Waals surface area contributed by atoms with Crippen LogP contribution in [0.1, 0.15) is 19.8 Å². The van der Waals surface area contributed by atoms with Crippen LogP contribution in [0.5, 0.6) is 0 Å². The Balaban J connectivity index is 2.00. The number of hydrogen-bond donors (Lipinski definition) is 5. The van der Waals surface area contributed by atoms with Gasteiger partial charge in [-0.2, -0.15) is 0 Å². The zero-order valence-electron chi connectivity index (χ0n) is 14.6. The Morgan fingerprint density at radius 3 is 2.61 bits per heavy atom. The molecule has 2 rings (SSSR count). The molecule has 136 valence electrons. The highest BCUT2D eigenvalue weighted by atomic mass is 16.6. The standard InChI is InChI=1S/C15H33N4O4/c1-9-5-10(20)8-22-14(9)18-15(16)19(3,4)11-6-13(21)23-12(11)7-17-2/h9-15,17-18,20-21H,5-8,16H2,1-4H3/q+1. The zero-order valence-corrected chi connectivity index (χ0v) is 14.6. The highest BCUT2D eigenvalue weighted by Gasteiger charge is 2.47. The molecule has 0 amide bonds. The van der Waals surface area contributed by atoms with Gasteiger partial charge in [0.2, 0.25) is 0 Å². The monoisotopic (exact) mass is 333 g/mol. The van der Waals surface area contributed by atoms with E-state index >= 15 is 0 Å². The molecule has 0 radical (unpaired) electrons. The minimum Gasteiger partial charge on any atom is -0.391 e. The van der Waals surface area contributed by atoms with Crippen LogP contribution in [-0.2, 0) is 9.47 Å². The van der Waals surface area contributed by atoms with Gasteiger partial charge in [-0.25, -0.2) is 5.32 Å². The van der Waals surface area contributed by atoms with Gasteiger partial charge >= 0.3 is 0 Å². The molecule has 7 atom stereocenters. The molecule has 2 fully saturated rings. The topological polar surface area (TPSA) is 109 Å². The molecule has 23 heavy (non-hydrogen) atoms. The molecule has 7 unspecified atom stereocenters. The molecule has 0 aromatic heterocycles. The third-order valence-corrected chi connectivity index (χ3v) is 5.15. The Hall–Kier alpha value is -0.320. The van der Waals surface area contributed by atoms with Crippen molar-refractivity contribution in [3.63, 3.8) is 0 Å². The van der Waals surface area contributed by atoms with Crippen LogP contribution in [0.3, 0.4) is 0 Å². The molecule has 0 spiro atoms. The molecule has 2 saturated heterocycles. The number of aliphatic hydroxyl groups is 2. The lowest BCUT2D eigenvalue weighted by molar-refractivity contribution is -0.943. The summed E-state index contributed by atoms with van der Waals surface area (Å²) in [6, 6.07) is 0.0736. The van der Waals surface area contributed by atoms with E-state index in [1.54, 1.807) is 0 Å². The molecule has 0 aliphatic carbocycles. The average Bonchev–Trinajstić information content (AvgIpc) is 2.84. The summed E-state index contributed by atoms with van der Waals surface area (Å²) in [5.74, 6) is 0.184. The number of nitrogens with zero attached hydrogens (tertiary/aromatic N) is 1. The predicted molar refractivity (Wildman–Crippen MR) is 86.0 cm³/mol. The number of rotatable bonds is 6. The van der Waals surface area contributed by atoms with Crippen LogP contribution in [0.25, 0.3) is 0 Å². The minimum atomic E-state index is -0.747. The summed E-state index contributed by atoms with van der Waals surface area (Å²) in [4.78, 5) is 0. The molecular formula is C15H33N4O4+. The summed E-state index contributed by atoms with van der Waals surface area (Å²) in [7, 11) is 5.94. The molecule has 8 heteroatoms. The van der Waals surface area contributed by atoms with Crippen LogP contribution in [0.4, 0.5) is 0 Å². The van der Waals surface area contributed by atoms with Crippen molar-refractivity contribution in [3.8, 4) is 0 Å². The van der Waals surface area contributed by atoms with Crippen molar-refractivity contribution in [2.75, 3.05) is 34.3 Å². The molecule has 0 aromatic rings. The molecule has 0 aromatic carbocycles. The van der Waals surface area contributed by atoms with Crippen molar-refractivity contribution in [2.45, 2.75) is 56.8 Å². The molecule has 8 nitrogen and oxygen atoms in total. The van der Waals surface area contributed by atoms with Crippen molar-refractivity contribution in [2.24, 2.45) is 11.7 Å². The number of ether oxygens (including phenoxy) is 2. The second kappa shape index (κ2) is 7.71. The smallest absolute Gasteiger partial charge is 0.199 e. The first kappa shape index (κ1) is 19.0. The van der Waals surface area contributed by atoms with Gasteiger partial charge in [0.05, 0.1) is 33.2 Å². The van der Waals surface area contributed by atoms with Gasteiger partial charge in [0.1, 0.15) is 18.4 Å². The van der Waals surface area contributed by atoms with E-state index in [0.717, 1.165) is 0 Å². The second-order valence-corrected chi connectivity index (χ2v) is 7.35. The highest BCUT2D eigenvalue weighted by Crippen LogP contribution is 2.28. The van der Waals surface area contributed by atoms with E-state index in [0.29, 0.717) is 30.5 Å². The summed E-state index contributed by atoms with van der Waals surface area (Å²) >= 11 is 0. The first-order valence-electron chi connectivity index (χ1n) is 8.38. The van der Waals surface area contributed by atoms with Crippen LogP contribution < -0.4 is 16.4 Å². The van der Waals surface area contributed by atoms with Crippen molar-refractivity contribution < 1.29 is 24.2 Å². The number of nitrogens with two attached hydrogens (primary N) is 1. The normalized spacial score (nSPS) is 40.3. The van der Waals surface area contributed by atoms with Crippen molar-refractivity contribution in [1.82, 2.24) is 10.6 Å². The van der Waals surface area contributed by atoms with Crippen molar-refractivity contribution in [1.29, 1.82) is 0 Å². The summed E-state index contributed by atoms with van der Waals surface area (Å²) in [6.07, 6.45) is -0.538. The largest absolute Gasteiger partial charge is 0.391 e. The lowest BCUT2D eigenvalue weighted by Gasteiger charge is -2.44. The maximum absolute atomic E-state index is 9.86. The number of nitrogens with one attached hydrogen (secondary N) is 2. The Labute approximate surface area is 138 Å². The van der Waals surface area contributed by atoms with E-state index in [4.69, 9.17) is 15.2 Å². The van der Waals surface area contributed by atoms with Crippen LogP contribution in [0, 0.1) is 5.92 Å². The van der Waals surface area contributed by atoms with Gasteiger partial charge in [-0.3, -0.25) is 10.2 Å². The third kappa shape index (κ3) is 4.40. The van der Waals surface area contributed by atoms with Gasteiger partial charge in [-0.1, -0.05) is 6.92 Å². The molecule has 2 heterocycles. The molecule has 0 saturated carbocycles. The fourth-order valence-corrected chi connectivity index (χ4v) is 3.57. The molecule has 6 N–H and O–H groups in total. The van der Waals surface area contributed by atoms with E-state index in [-0.39, 0.29) is 30.6 Å². The summed E-state index contributed by atoms with van der Waals surface area (Å²) in [6.45, 7) is 3.04. The number of aliphatic hydroxyl groups excluding tert-OH is 2. The fourth-order valence-electron chi connectivity index (χ4n) is 3.57. The Kier molecular flexibility index (Phi) is 6.37. The summed E-state index contributed by atoms with van der Waals surface area (Å²) in [5.41, 5.74) is 6.42. The molecular weight excluding hydrogens is 300 g/mol. The third-order valence-electron chi connectivity index (χ3n) is 5.15. The zero-order chi connectivity index (χ0) is 17.2. The number of hydrogen-bond acceptors (Lipinski definition) is 7. The van der Waals surface area contributed by atoms with Gasteiger partial charge in [0.15, 0.2) is 12.6 Å². The van der Waals surface area contributed by atoms with Gasteiger partial charge in [0.25, 0.3) is 0 Å². The van der Waals surface area contributed by atoms with E-state index in [1.807, 2.05) is 28.1 Å². The van der Waals surface area contributed by atoms with Crippen molar-refractivity contribution in [3.05, 3.63) is 0 Å². The van der Waals surface area contributed by atoms with Crippen molar-refractivity contribution >= 4 is 0 Å². The maximum atomic E-state index is 9.86. The summed E-state index contributed by atoms with van der Waals surface area (Å²) < 4.78 is 11.8. The minimum absolute atomic E-state index is 0.0736. The Bertz CT molecular complexity index is 384. The second-order valence-electron chi connectivity index (χ2n) is 7.35. The summed E-state index contributed by atoms with van der Waals surface area (Å²) in [5, 5.41) is 26.0. The van der Waals surface area contributed by atoms with Gasteiger partial charge in [0, 0.05) is 6.54 Å². The fraction of sp³-hybridized carbons (Fsp3) is 1.00. The van der Waals surface area contributed by atoms with Crippen LogP contribution in [0.2, 0.25) is 0 Å². The van der Waals surface area contributed by atoms with Crippen LogP contribution >= 0.6 is 0 Å². The Morgan fingerprint density at radius 2 is 2.00 bits per heavy atom. The lowest BCUT2D eigenvalue weighted by atomic mass is 9.99. The SMILES string of the molecule is CNCC1OC(O)CC1[N+](C)(C)C(N)NC1OCC(O)CC1C.